The monoisotopic (exact) mass is 176 g/mol. The molecule has 0 saturated carbocycles. The van der Waals surface area contributed by atoms with Gasteiger partial charge in [0, 0.05) is 18.3 Å². The van der Waals surface area contributed by atoms with Crippen LogP contribution in [0.1, 0.15) is 17.2 Å². The lowest BCUT2D eigenvalue weighted by Crippen LogP contribution is -2.27. The third-order valence-electron chi connectivity index (χ3n) is 2.48. The maximum absolute atomic E-state index is 11.5. The molecule has 0 spiro atoms. The summed E-state index contributed by atoms with van der Waals surface area (Å²) in [7, 11) is 1.75. The van der Waals surface area contributed by atoms with Gasteiger partial charge < -0.3 is 10.6 Å². The highest BCUT2D eigenvalue weighted by Gasteiger charge is 2.31. The van der Waals surface area contributed by atoms with Crippen LogP contribution in [-0.2, 0) is 4.79 Å². The Morgan fingerprint density at radius 2 is 2.15 bits per heavy atom. The van der Waals surface area contributed by atoms with Crippen molar-refractivity contribution in [2.45, 2.75) is 13.0 Å². The molecule has 1 heterocycles. The largest absolute Gasteiger partial charge is 0.316 e. The maximum atomic E-state index is 11.5. The lowest BCUT2D eigenvalue weighted by atomic mass is 10.1. The zero-order chi connectivity index (χ0) is 9.59. The number of hydrogen-bond acceptors (Lipinski definition) is 2. The first-order chi connectivity index (χ1) is 6.11. The van der Waals surface area contributed by atoms with Gasteiger partial charge in [-0.15, -0.1) is 0 Å². The molecule has 1 amide bonds. The third-order valence-corrected chi connectivity index (χ3v) is 2.48. The molecule has 1 aromatic rings. The highest BCUT2D eigenvalue weighted by atomic mass is 16.2. The summed E-state index contributed by atoms with van der Waals surface area (Å²) in [6, 6.07) is 5.43. The first-order valence-electron chi connectivity index (χ1n) is 4.25. The van der Waals surface area contributed by atoms with Crippen LogP contribution < -0.4 is 10.6 Å². The number of anilines is 1. The molecule has 0 radical (unpaired) electrons. The predicted octanol–water partition coefficient (Wildman–Crippen LogP) is 0.971. The number of rotatable bonds is 0. The van der Waals surface area contributed by atoms with Gasteiger partial charge in [0.2, 0.25) is 5.91 Å². The molecule has 0 saturated heterocycles. The summed E-state index contributed by atoms with van der Waals surface area (Å²) in [5.41, 5.74) is 8.77. The number of fused-ring (bicyclic) bond motifs is 1. The van der Waals surface area contributed by atoms with E-state index in [0.29, 0.717) is 0 Å². The van der Waals surface area contributed by atoms with Crippen molar-refractivity contribution < 1.29 is 4.79 Å². The van der Waals surface area contributed by atoms with Gasteiger partial charge in [0.1, 0.15) is 6.04 Å². The van der Waals surface area contributed by atoms with Gasteiger partial charge in [0.05, 0.1) is 0 Å². The third kappa shape index (κ3) is 1.04. The fraction of sp³-hybridized carbons (Fsp3) is 0.300. The smallest absolute Gasteiger partial charge is 0.248 e. The maximum Gasteiger partial charge on any atom is 0.248 e. The van der Waals surface area contributed by atoms with Crippen molar-refractivity contribution in [3.63, 3.8) is 0 Å². The fourth-order valence-electron chi connectivity index (χ4n) is 1.69. The van der Waals surface area contributed by atoms with E-state index in [1.54, 1.807) is 11.9 Å². The van der Waals surface area contributed by atoms with E-state index in [4.69, 9.17) is 5.73 Å². The van der Waals surface area contributed by atoms with Crippen molar-refractivity contribution >= 4 is 11.6 Å². The molecule has 0 fully saturated rings. The summed E-state index contributed by atoms with van der Waals surface area (Å²) < 4.78 is 0. The molecule has 3 nitrogen and oxygen atoms in total. The van der Waals surface area contributed by atoms with Gasteiger partial charge in [0.15, 0.2) is 0 Å². The Morgan fingerprint density at radius 1 is 1.46 bits per heavy atom. The Bertz CT molecular complexity index is 373. The van der Waals surface area contributed by atoms with Crippen LogP contribution in [0.3, 0.4) is 0 Å². The van der Waals surface area contributed by atoms with Crippen LogP contribution >= 0.6 is 0 Å². The second-order valence-electron chi connectivity index (χ2n) is 3.44. The topological polar surface area (TPSA) is 46.3 Å². The Morgan fingerprint density at radius 3 is 2.85 bits per heavy atom. The van der Waals surface area contributed by atoms with Crippen LogP contribution in [0, 0.1) is 6.92 Å². The zero-order valence-electron chi connectivity index (χ0n) is 7.74. The lowest BCUT2D eigenvalue weighted by Gasteiger charge is -2.09. The standard InChI is InChI=1S/C10H12N2O/c1-6-3-4-8-7(5-6)9(11)10(13)12(8)2/h3-5,9H,11H2,1-2H3/t9-/m1/s1. The lowest BCUT2D eigenvalue weighted by molar-refractivity contribution is -0.118. The Kier molecular flexibility index (Phi) is 1.63. The second kappa shape index (κ2) is 2.57. The highest BCUT2D eigenvalue weighted by molar-refractivity contribution is 6.04. The van der Waals surface area contributed by atoms with Crippen LogP contribution in [0.15, 0.2) is 18.2 Å². The van der Waals surface area contributed by atoms with Gasteiger partial charge in [0.25, 0.3) is 0 Å². The van der Waals surface area contributed by atoms with E-state index in [9.17, 15) is 4.79 Å². The molecule has 1 aliphatic rings. The number of carbonyl (C=O) groups is 1. The highest BCUT2D eigenvalue weighted by Crippen LogP contribution is 2.33. The van der Waals surface area contributed by atoms with Crippen LogP contribution in [0.5, 0.6) is 0 Å². The molecule has 1 aliphatic heterocycles. The SMILES string of the molecule is Cc1ccc2c(c1)[C@@H](N)C(=O)N2C. The molecular weight excluding hydrogens is 164 g/mol. The summed E-state index contributed by atoms with van der Waals surface area (Å²) in [4.78, 5) is 13.1. The first-order valence-corrected chi connectivity index (χ1v) is 4.25. The molecule has 3 heteroatoms. The molecular formula is C10H12N2O. The second-order valence-corrected chi connectivity index (χ2v) is 3.44. The van der Waals surface area contributed by atoms with Crippen molar-refractivity contribution in [2.75, 3.05) is 11.9 Å². The van der Waals surface area contributed by atoms with Crippen molar-refractivity contribution in [3.05, 3.63) is 29.3 Å². The van der Waals surface area contributed by atoms with Gasteiger partial charge in [-0.2, -0.15) is 0 Å². The minimum Gasteiger partial charge on any atom is -0.316 e. The number of benzene rings is 1. The summed E-state index contributed by atoms with van der Waals surface area (Å²) >= 11 is 0. The van der Waals surface area contributed by atoms with E-state index in [1.165, 1.54) is 0 Å². The van der Waals surface area contributed by atoms with Crippen molar-refractivity contribution in [1.29, 1.82) is 0 Å². The number of aryl methyl sites for hydroxylation is 1. The Hall–Kier alpha value is -1.35. The van der Waals surface area contributed by atoms with E-state index in [0.717, 1.165) is 16.8 Å². The van der Waals surface area contributed by atoms with Gasteiger partial charge >= 0.3 is 0 Å². The molecule has 0 aliphatic carbocycles. The first kappa shape index (κ1) is 8.26. The number of nitrogens with zero attached hydrogens (tertiary/aromatic N) is 1. The minimum absolute atomic E-state index is 0.0272. The van der Waals surface area contributed by atoms with Crippen LogP contribution in [-0.4, -0.2) is 13.0 Å². The molecule has 13 heavy (non-hydrogen) atoms. The minimum atomic E-state index is -0.472. The molecule has 0 unspecified atom stereocenters. The molecule has 0 aromatic heterocycles. The van der Waals surface area contributed by atoms with Crippen LogP contribution in [0.25, 0.3) is 0 Å². The summed E-state index contributed by atoms with van der Waals surface area (Å²) in [6.45, 7) is 2.00. The van der Waals surface area contributed by atoms with Crippen molar-refractivity contribution in [3.8, 4) is 0 Å². The van der Waals surface area contributed by atoms with Gasteiger partial charge in [-0.05, 0) is 13.0 Å². The summed E-state index contributed by atoms with van der Waals surface area (Å²) in [5.74, 6) is -0.0272. The van der Waals surface area contributed by atoms with E-state index < -0.39 is 6.04 Å². The quantitative estimate of drug-likeness (QED) is 0.640. The van der Waals surface area contributed by atoms with E-state index >= 15 is 0 Å². The van der Waals surface area contributed by atoms with Crippen molar-refractivity contribution in [1.82, 2.24) is 0 Å². The average Bonchev–Trinajstić information content (AvgIpc) is 2.32. The number of amides is 1. The average molecular weight is 176 g/mol. The van der Waals surface area contributed by atoms with Gasteiger partial charge in [-0.1, -0.05) is 17.7 Å². The number of hydrogen-bond donors (Lipinski definition) is 1. The molecule has 2 N–H and O–H groups in total. The molecule has 2 rings (SSSR count). The number of likely N-dealkylation sites (N-methyl/N-ethyl adjacent to an activating group) is 1. The summed E-state index contributed by atoms with van der Waals surface area (Å²) in [6.07, 6.45) is 0. The van der Waals surface area contributed by atoms with E-state index in [2.05, 4.69) is 0 Å². The summed E-state index contributed by atoms with van der Waals surface area (Å²) in [5, 5.41) is 0. The number of nitrogens with two attached hydrogens (primary N) is 1. The normalized spacial score (nSPS) is 20.7. The molecule has 1 atom stereocenters. The molecule has 68 valence electrons. The van der Waals surface area contributed by atoms with Gasteiger partial charge in [-0.3, -0.25) is 4.79 Å². The number of carbonyl (C=O) groups excluding carboxylic acids is 1. The fourth-order valence-corrected chi connectivity index (χ4v) is 1.69. The Balaban J connectivity index is 2.60. The molecule has 1 aromatic carbocycles. The van der Waals surface area contributed by atoms with Crippen molar-refractivity contribution in [2.24, 2.45) is 5.73 Å². The van der Waals surface area contributed by atoms with Crippen LogP contribution in [0.4, 0.5) is 5.69 Å². The zero-order valence-corrected chi connectivity index (χ0v) is 7.74. The van der Waals surface area contributed by atoms with Crippen LogP contribution in [0.2, 0.25) is 0 Å². The molecule has 0 bridgehead atoms. The van der Waals surface area contributed by atoms with E-state index in [1.807, 2.05) is 25.1 Å². The predicted molar refractivity (Wildman–Crippen MR) is 51.5 cm³/mol. The Labute approximate surface area is 77.1 Å². The van der Waals surface area contributed by atoms with Gasteiger partial charge in [-0.25, -0.2) is 0 Å². The van der Waals surface area contributed by atoms with E-state index in [-0.39, 0.29) is 5.91 Å².